The first-order chi connectivity index (χ1) is 7.75. The molecule has 0 bridgehead atoms. The number of aliphatic hydroxyl groups excluding tert-OH is 2. The highest BCUT2D eigenvalue weighted by atomic mass is 16.3. The zero-order valence-corrected chi connectivity index (χ0v) is 8.80. The molecule has 2 aromatic rings. The number of aromatic nitrogens is 1. The molecule has 0 spiro atoms. The third-order valence-corrected chi connectivity index (χ3v) is 3.20. The minimum Gasteiger partial charge on any atom is -0.390 e. The molecule has 1 aliphatic carbocycles. The van der Waals surface area contributed by atoms with Crippen LogP contribution in [0.1, 0.15) is 23.8 Å². The van der Waals surface area contributed by atoms with Gasteiger partial charge < -0.3 is 10.2 Å². The molecule has 2 unspecified atom stereocenters. The van der Waals surface area contributed by atoms with Gasteiger partial charge in [-0.1, -0.05) is 18.2 Å². The van der Waals surface area contributed by atoms with E-state index in [4.69, 9.17) is 0 Å². The zero-order valence-electron chi connectivity index (χ0n) is 8.80. The number of fused-ring (bicyclic) bond motifs is 2. The van der Waals surface area contributed by atoms with Crippen molar-refractivity contribution in [2.45, 2.75) is 25.0 Å². The van der Waals surface area contributed by atoms with Crippen molar-refractivity contribution in [2.24, 2.45) is 0 Å². The molecule has 0 saturated heterocycles. The Morgan fingerprint density at radius 1 is 1.19 bits per heavy atom. The van der Waals surface area contributed by atoms with Crippen molar-refractivity contribution < 1.29 is 10.2 Å². The summed E-state index contributed by atoms with van der Waals surface area (Å²) >= 11 is 0. The van der Waals surface area contributed by atoms with Crippen LogP contribution in [0.15, 0.2) is 30.3 Å². The van der Waals surface area contributed by atoms with E-state index in [9.17, 15) is 10.2 Å². The molecule has 0 radical (unpaired) electrons. The van der Waals surface area contributed by atoms with E-state index in [0.717, 1.165) is 28.6 Å². The molecule has 2 atom stereocenters. The summed E-state index contributed by atoms with van der Waals surface area (Å²) in [5.41, 5.74) is 2.64. The fourth-order valence-corrected chi connectivity index (χ4v) is 2.28. The molecule has 16 heavy (non-hydrogen) atoms. The first-order valence-electron chi connectivity index (χ1n) is 5.50. The lowest BCUT2D eigenvalue weighted by molar-refractivity contribution is 0.00593. The van der Waals surface area contributed by atoms with Crippen molar-refractivity contribution >= 4 is 10.9 Å². The molecule has 3 rings (SSSR count). The van der Waals surface area contributed by atoms with Gasteiger partial charge in [-0.05, 0) is 25.0 Å². The fraction of sp³-hybridized carbons (Fsp3) is 0.308. The predicted molar refractivity (Wildman–Crippen MR) is 61.0 cm³/mol. The van der Waals surface area contributed by atoms with Crippen LogP contribution in [0, 0.1) is 0 Å². The van der Waals surface area contributed by atoms with E-state index in [1.165, 1.54) is 0 Å². The summed E-state index contributed by atoms with van der Waals surface area (Å²) in [5.74, 6) is 0. The van der Waals surface area contributed by atoms with Gasteiger partial charge in [-0.3, -0.25) is 4.98 Å². The van der Waals surface area contributed by atoms with Gasteiger partial charge in [0.1, 0.15) is 6.10 Å². The van der Waals surface area contributed by atoms with Crippen molar-refractivity contribution in [3.63, 3.8) is 0 Å². The molecule has 3 nitrogen and oxygen atoms in total. The number of nitrogens with zero attached hydrogens (tertiary/aromatic N) is 1. The molecule has 1 heterocycles. The number of hydrogen-bond acceptors (Lipinski definition) is 3. The van der Waals surface area contributed by atoms with Crippen LogP contribution in [-0.2, 0) is 6.42 Å². The summed E-state index contributed by atoms with van der Waals surface area (Å²) < 4.78 is 0. The summed E-state index contributed by atoms with van der Waals surface area (Å²) in [4.78, 5) is 4.53. The Morgan fingerprint density at radius 3 is 2.88 bits per heavy atom. The van der Waals surface area contributed by atoms with Gasteiger partial charge in [0.25, 0.3) is 0 Å². The van der Waals surface area contributed by atoms with Crippen LogP contribution < -0.4 is 0 Å². The highest BCUT2D eigenvalue weighted by molar-refractivity contribution is 5.79. The average Bonchev–Trinajstić information content (AvgIpc) is 2.32. The summed E-state index contributed by atoms with van der Waals surface area (Å²) in [5, 5.41) is 20.5. The van der Waals surface area contributed by atoms with Gasteiger partial charge in [0.15, 0.2) is 0 Å². The van der Waals surface area contributed by atoms with E-state index in [0.29, 0.717) is 6.42 Å². The largest absolute Gasteiger partial charge is 0.390 e. The van der Waals surface area contributed by atoms with Gasteiger partial charge >= 0.3 is 0 Å². The van der Waals surface area contributed by atoms with Gasteiger partial charge in [0.2, 0.25) is 0 Å². The maximum Gasteiger partial charge on any atom is 0.107 e. The number of aryl methyl sites for hydroxylation is 1. The number of pyridine rings is 1. The summed E-state index contributed by atoms with van der Waals surface area (Å²) in [6.07, 6.45) is -0.130. The van der Waals surface area contributed by atoms with Gasteiger partial charge in [-0.2, -0.15) is 0 Å². The number of aliphatic hydroxyl groups is 2. The lowest BCUT2D eigenvalue weighted by atomic mass is 9.90. The van der Waals surface area contributed by atoms with Crippen LogP contribution in [0.3, 0.4) is 0 Å². The van der Waals surface area contributed by atoms with Crippen LogP contribution in [0.2, 0.25) is 0 Å². The molecule has 1 aromatic heterocycles. The van der Waals surface area contributed by atoms with Gasteiger partial charge in [-0.15, -0.1) is 0 Å². The third kappa shape index (κ3) is 1.40. The number of hydrogen-bond donors (Lipinski definition) is 2. The van der Waals surface area contributed by atoms with Crippen molar-refractivity contribution in [1.29, 1.82) is 0 Å². The Kier molecular flexibility index (Phi) is 2.16. The molecular formula is C13H13NO2. The van der Waals surface area contributed by atoms with Gasteiger partial charge in [0.05, 0.1) is 11.6 Å². The molecular weight excluding hydrogens is 202 g/mol. The number of benzene rings is 1. The Bertz CT molecular complexity index is 538. The van der Waals surface area contributed by atoms with Crippen LogP contribution >= 0.6 is 0 Å². The van der Waals surface area contributed by atoms with Gasteiger partial charge in [-0.25, -0.2) is 0 Å². The minimum atomic E-state index is -0.791. The maximum atomic E-state index is 9.90. The third-order valence-electron chi connectivity index (χ3n) is 3.20. The van der Waals surface area contributed by atoms with Crippen molar-refractivity contribution in [3.8, 4) is 0 Å². The summed E-state index contributed by atoms with van der Waals surface area (Å²) in [6.45, 7) is 0. The van der Waals surface area contributed by atoms with E-state index in [1.807, 2.05) is 30.3 Å². The van der Waals surface area contributed by atoms with Crippen molar-refractivity contribution in [2.75, 3.05) is 0 Å². The predicted octanol–water partition coefficient (Wildman–Crippen LogP) is 1.58. The molecule has 1 aromatic carbocycles. The van der Waals surface area contributed by atoms with Crippen molar-refractivity contribution in [3.05, 3.63) is 41.6 Å². The second kappa shape index (κ2) is 3.54. The second-order valence-electron chi connectivity index (χ2n) is 4.27. The molecule has 0 amide bonds. The summed E-state index contributed by atoms with van der Waals surface area (Å²) in [7, 11) is 0. The Balaban J connectivity index is 2.23. The van der Waals surface area contributed by atoms with Crippen LogP contribution in [0.25, 0.3) is 10.9 Å². The molecule has 3 heteroatoms. The van der Waals surface area contributed by atoms with E-state index < -0.39 is 12.2 Å². The number of rotatable bonds is 0. The molecule has 0 saturated carbocycles. The van der Waals surface area contributed by atoms with Crippen LogP contribution in [0.4, 0.5) is 0 Å². The van der Waals surface area contributed by atoms with E-state index in [1.54, 1.807) is 0 Å². The molecule has 82 valence electrons. The maximum absolute atomic E-state index is 9.90. The highest BCUT2D eigenvalue weighted by Gasteiger charge is 2.27. The molecule has 0 fully saturated rings. The SMILES string of the molecule is OC1CCc2nc3ccccc3cc2C1O. The number of para-hydroxylation sites is 1. The van der Waals surface area contributed by atoms with Crippen molar-refractivity contribution in [1.82, 2.24) is 4.98 Å². The normalized spacial score (nSPS) is 24.4. The monoisotopic (exact) mass is 215 g/mol. The lowest BCUT2D eigenvalue weighted by Crippen LogP contribution is -2.25. The summed E-state index contributed by atoms with van der Waals surface area (Å²) in [6, 6.07) is 9.77. The van der Waals surface area contributed by atoms with E-state index >= 15 is 0 Å². The molecule has 0 aliphatic heterocycles. The smallest absolute Gasteiger partial charge is 0.107 e. The quantitative estimate of drug-likeness (QED) is 0.701. The second-order valence-corrected chi connectivity index (χ2v) is 4.27. The highest BCUT2D eigenvalue weighted by Crippen LogP contribution is 2.31. The Hall–Kier alpha value is -1.45. The first kappa shape index (κ1) is 9.75. The van der Waals surface area contributed by atoms with Crippen LogP contribution in [0.5, 0.6) is 0 Å². The Labute approximate surface area is 93.4 Å². The lowest BCUT2D eigenvalue weighted by Gasteiger charge is -2.25. The van der Waals surface area contributed by atoms with E-state index in [-0.39, 0.29) is 0 Å². The zero-order chi connectivity index (χ0) is 11.1. The fourth-order valence-electron chi connectivity index (χ4n) is 2.28. The minimum absolute atomic E-state index is 0.583. The standard InChI is InChI=1S/C13H13NO2/c15-12-6-5-11-9(13(12)16)7-8-3-1-2-4-10(8)14-11/h1-4,7,12-13,15-16H,5-6H2. The van der Waals surface area contributed by atoms with E-state index in [2.05, 4.69) is 4.98 Å². The Morgan fingerprint density at radius 2 is 2.00 bits per heavy atom. The first-order valence-corrected chi connectivity index (χ1v) is 5.50. The topological polar surface area (TPSA) is 53.4 Å². The molecule has 1 aliphatic rings. The molecule has 2 N–H and O–H groups in total. The van der Waals surface area contributed by atoms with Gasteiger partial charge in [0, 0.05) is 16.6 Å². The average molecular weight is 215 g/mol. The van der Waals surface area contributed by atoms with Crippen LogP contribution in [-0.4, -0.2) is 21.3 Å².